The molecule has 3 heterocycles. The second-order valence-electron chi connectivity index (χ2n) is 9.39. The molecule has 0 bridgehead atoms. The summed E-state index contributed by atoms with van der Waals surface area (Å²) in [5.41, 5.74) is -7.86. The molecule has 0 aromatic heterocycles. The predicted molar refractivity (Wildman–Crippen MR) is 123 cm³/mol. The van der Waals surface area contributed by atoms with Crippen molar-refractivity contribution in [3.8, 4) is 0 Å². The summed E-state index contributed by atoms with van der Waals surface area (Å²) in [6.07, 6.45) is -3.98. The summed E-state index contributed by atoms with van der Waals surface area (Å²) < 4.78 is 22.9. The van der Waals surface area contributed by atoms with Crippen LogP contribution < -0.4 is 0 Å². The Bertz CT molecular complexity index is 883. The summed E-state index contributed by atoms with van der Waals surface area (Å²) in [7, 11) is 0. The number of epoxide rings is 1. The molecule has 0 saturated carbocycles. The first-order valence-electron chi connectivity index (χ1n) is 11.5. The van der Waals surface area contributed by atoms with E-state index in [1.807, 2.05) is 0 Å². The number of hydrogen-bond donors (Lipinski definition) is 8. The van der Waals surface area contributed by atoms with Crippen molar-refractivity contribution in [3.05, 3.63) is 50.6 Å². The van der Waals surface area contributed by atoms with Crippen molar-refractivity contribution >= 4 is 0 Å². The molecule has 2 unspecified atom stereocenters. The number of hydrogen-bond acceptors (Lipinski definition) is 12. The van der Waals surface area contributed by atoms with Crippen LogP contribution in [0.25, 0.3) is 0 Å². The molecular weight excluding hydrogens is 480 g/mol. The fourth-order valence-electron chi connectivity index (χ4n) is 5.55. The molecule has 3 aliphatic rings. The van der Waals surface area contributed by atoms with Gasteiger partial charge in [-0.15, -0.1) is 26.3 Å². The van der Waals surface area contributed by atoms with Crippen LogP contribution in [0.2, 0.25) is 0 Å². The van der Waals surface area contributed by atoms with Gasteiger partial charge < -0.3 is 59.8 Å². The van der Waals surface area contributed by atoms with Gasteiger partial charge in [0.05, 0.1) is 6.61 Å². The maximum absolute atomic E-state index is 12.3. The Morgan fingerprint density at radius 3 is 1.67 bits per heavy atom. The molecule has 3 fully saturated rings. The minimum absolute atomic E-state index is 0.437. The third kappa shape index (κ3) is 3.53. The van der Waals surface area contributed by atoms with Gasteiger partial charge in [0.1, 0.15) is 30.5 Å². The predicted octanol–water partition coefficient (Wildman–Crippen LogP) is -1.93. The second-order valence-corrected chi connectivity index (χ2v) is 9.39. The van der Waals surface area contributed by atoms with Crippen LogP contribution in [0.4, 0.5) is 0 Å². The Labute approximate surface area is 208 Å². The van der Waals surface area contributed by atoms with E-state index < -0.39 is 97.7 Å². The van der Waals surface area contributed by atoms with E-state index in [0.717, 1.165) is 0 Å². The van der Waals surface area contributed by atoms with Crippen molar-refractivity contribution in [3.63, 3.8) is 0 Å². The third-order valence-corrected chi connectivity index (χ3v) is 7.42. The zero-order valence-corrected chi connectivity index (χ0v) is 19.9. The van der Waals surface area contributed by atoms with Gasteiger partial charge in [-0.05, 0) is 6.42 Å². The molecular formula is C24H36O12. The summed E-state index contributed by atoms with van der Waals surface area (Å²) in [4.78, 5) is 0. The van der Waals surface area contributed by atoms with Crippen LogP contribution in [0.3, 0.4) is 0 Å². The van der Waals surface area contributed by atoms with E-state index in [-0.39, 0.29) is 0 Å². The van der Waals surface area contributed by atoms with E-state index in [9.17, 15) is 40.9 Å². The van der Waals surface area contributed by atoms with Crippen molar-refractivity contribution in [2.45, 2.75) is 84.4 Å². The molecule has 36 heavy (non-hydrogen) atoms. The standard InChI is InChI=1S/C24H36O12/c1-5-9-20(30)21(31,10-6-2)23(12-8-4,36-24(18(29)34-24)22(20,32)11-7-3)35-19(14-26)17(28)16(27)15(13-25)33-19/h5-8,15-18,25-32H,1-4,9-14H2/t15-,16-,17+,18?,19?,20-,21-,22+,23-,24-/m1/s1. The van der Waals surface area contributed by atoms with Crippen LogP contribution in [0, 0.1) is 0 Å². The SMILES string of the molecule is C=CC[C@@]1(OC2(CO)O[C@H](CO)[C@@H](O)[C@@H]2O)O[C@@]2(OC2O)[C@](O)(CC=C)[C@@](O)(CC=C)[C@]1(O)CC=C. The van der Waals surface area contributed by atoms with Crippen molar-refractivity contribution in [1.29, 1.82) is 0 Å². The smallest absolute Gasteiger partial charge is 0.258 e. The Morgan fingerprint density at radius 1 is 0.750 bits per heavy atom. The summed E-state index contributed by atoms with van der Waals surface area (Å²) in [6.45, 7) is 12.6. The fraction of sp³-hybridized carbons (Fsp3) is 0.667. The summed E-state index contributed by atoms with van der Waals surface area (Å²) in [5, 5.41) is 87.7. The highest BCUT2D eigenvalue weighted by Crippen LogP contribution is 2.66. The van der Waals surface area contributed by atoms with Crippen molar-refractivity contribution in [1.82, 2.24) is 0 Å². The van der Waals surface area contributed by atoms with Crippen LogP contribution in [-0.2, 0) is 18.9 Å². The van der Waals surface area contributed by atoms with Gasteiger partial charge in [-0.1, -0.05) is 24.3 Å². The molecule has 204 valence electrons. The molecule has 12 heteroatoms. The highest BCUT2D eigenvalue weighted by atomic mass is 16.9. The molecule has 12 nitrogen and oxygen atoms in total. The highest BCUT2D eigenvalue weighted by Gasteiger charge is 2.88. The summed E-state index contributed by atoms with van der Waals surface area (Å²) in [6, 6.07) is 0. The van der Waals surface area contributed by atoms with Gasteiger partial charge >= 0.3 is 0 Å². The Morgan fingerprint density at radius 2 is 1.25 bits per heavy atom. The Balaban J connectivity index is 2.32. The Hall–Kier alpha value is -1.52. The first-order valence-corrected chi connectivity index (χ1v) is 11.5. The van der Waals surface area contributed by atoms with Crippen LogP contribution in [0.1, 0.15) is 25.7 Å². The van der Waals surface area contributed by atoms with E-state index >= 15 is 0 Å². The van der Waals surface area contributed by atoms with E-state index in [1.54, 1.807) is 0 Å². The van der Waals surface area contributed by atoms with Gasteiger partial charge in [0.15, 0.2) is 11.2 Å². The molecule has 1 spiro atoms. The maximum atomic E-state index is 12.3. The number of rotatable bonds is 12. The zero-order chi connectivity index (χ0) is 27.2. The van der Waals surface area contributed by atoms with Crippen LogP contribution in [-0.4, -0.2) is 113 Å². The molecule has 3 aliphatic heterocycles. The molecule has 3 rings (SSSR count). The van der Waals surface area contributed by atoms with Gasteiger partial charge in [-0.3, -0.25) is 0 Å². The minimum atomic E-state index is -2.67. The summed E-state index contributed by atoms with van der Waals surface area (Å²) in [5.74, 6) is -7.46. The molecule has 0 aromatic carbocycles. The fourth-order valence-corrected chi connectivity index (χ4v) is 5.55. The third-order valence-electron chi connectivity index (χ3n) is 7.42. The van der Waals surface area contributed by atoms with Crippen molar-refractivity contribution in [2.75, 3.05) is 13.2 Å². The first kappa shape index (κ1) is 29.0. The van der Waals surface area contributed by atoms with Crippen LogP contribution >= 0.6 is 0 Å². The zero-order valence-electron chi connectivity index (χ0n) is 19.9. The number of ether oxygens (including phenoxy) is 4. The van der Waals surface area contributed by atoms with Gasteiger partial charge in [0.25, 0.3) is 5.79 Å². The number of aliphatic hydroxyl groups excluding tert-OH is 5. The first-order chi connectivity index (χ1) is 16.8. The molecule has 0 aliphatic carbocycles. The van der Waals surface area contributed by atoms with E-state index in [0.29, 0.717) is 0 Å². The van der Waals surface area contributed by atoms with Gasteiger partial charge in [0, 0.05) is 19.3 Å². The molecule has 3 saturated heterocycles. The van der Waals surface area contributed by atoms with Gasteiger partial charge in [-0.2, -0.15) is 0 Å². The van der Waals surface area contributed by atoms with E-state index in [1.165, 1.54) is 24.3 Å². The second kappa shape index (κ2) is 9.66. The van der Waals surface area contributed by atoms with Gasteiger partial charge in [-0.25, -0.2) is 0 Å². The topological polar surface area (TPSA) is 202 Å². The Kier molecular flexibility index (Phi) is 7.79. The van der Waals surface area contributed by atoms with Crippen LogP contribution in [0.15, 0.2) is 50.6 Å². The van der Waals surface area contributed by atoms with Crippen molar-refractivity contribution < 1.29 is 59.8 Å². The van der Waals surface area contributed by atoms with Crippen molar-refractivity contribution in [2.24, 2.45) is 0 Å². The average molecular weight is 517 g/mol. The molecule has 0 amide bonds. The largest absolute Gasteiger partial charge is 0.394 e. The van der Waals surface area contributed by atoms with E-state index in [4.69, 9.17) is 18.9 Å². The quantitative estimate of drug-likeness (QED) is 0.106. The lowest BCUT2D eigenvalue weighted by atomic mass is 9.58. The lowest BCUT2D eigenvalue weighted by Crippen LogP contribution is -2.86. The highest BCUT2D eigenvalue weighted by molar-refractivity contribution is 5.32. The normalized spacial score (nSPS) is 50.1. The molecule has 8 N–H and O–H groups in total. The monoisotopic (exact) mass is 516 g/mol. The lowest BCUT2D eigenvalue weighted by Gasteiger charge is -2.65. The maximum Gasteiger partial charge on any atom is 0.258 e. The lowest BCUT2D eigenvalue weighted by molar-refractivity contribution is -0.501. The minimum Gasteiger partial charge on any atom is -0.394 e. The molecule has 0 aromatic rings. The van der Waals surface area contributed by atoms with Gasteiger partial charge in [0.2, 0.25) is 17.9 Å². The van der Waals surface area contributed by atoms with E-state index in [2.05, 4.69) is 26.3 Å². The molecule has 0 radical (unpaired) electrons. The average Bonchev–Trinajstić information content (AvgIpc) is 3.42. The van der Waals surface area contributed by atoms with Crippen LogP contribution in [0.5, 0.6) is 0 Å². The summed E-state index contributed by atoms with van der Waals surface area (Å²) >= 11 is 0. The number of aliphatic hydroxyl groups is 8. The molecule has 10 atom stereocenters.